The minimum absolute atomic E-state index is 0.0588. The lowest BCUT2D eigenvalue weighted by Gasteiger charge is -2.25. The molecule has 0 bridgehead atoms. The Bertz CT molecular complexity index is 894. The predicted molar refractivity (Wildman–Crippen MR) is 98.5 cm³/mol. The first-order chi connectivity index (χ1) is 13.5. The van der Waals surface area contributed by atoms with Crippen molar-refractivity contribution in [3.05, 3.63) is 59.7 Å². The van der Waals surface area contributed by atoms with Gasteiger partial charge in [0.2, 0.25) is 6.10 Å². The van der Waals surface area contributed by atoms with Gasteiger partial charge >= 0.3 is 18.0 Å². The lowest BCUT2D eigenvalue weighted by molar-refractivity contribution is -0.192. The van der Waals surface area contributed by atoms with E-state index in [-0.39, 0.29) is 19.1 Å². The van der Waals surface area contributed by atoms with Gasteiger partial charge < -0.3 is 19.5 Å². The first kappa shape index (κ1) is 18.0. The van der Waals surface area contributed by atoms with E-state index in [2.05, 4.69) is 17.4 Å². The van der Waals surface area contributed by atoms with Crippen molar-refractivity contribution >= 4 is 18.0 Å². The number of carbonyl (C=O) groups is 3. The van der Waals surface area contributed by atoms with Crippen molar-refractivity contribution in [1.29, 1.82) is 0 Å². The number of hydrogen-bond donors (Lipinski definition) is 1. The topological polar surface area (TPSA) is 90.9 Å². The summed E-state index contributed by atoms with van der Waals surface area (Å²) in [7, 11) is 0. The molecule has 0 spiro atoms. The third kappa shape index (κ3) is 3.31. The zero-order valence-corrected chi connectivity index (χ0v) is 15.2. The van der Waals surface area contributed by atoms with E-state index >= 15 is 0 Å². The maximum atomic E-state index is 12.1. The van der Waals surface area contributed by atoms with E-state index in [1.165, 1.54) is 6.92 Å². The molecule has 1 fully saturated rings. The Kier molecular flexibility index (Phi) is 4.73. The number of amides is 1. The van der Waals surface area contributed by atoms with Crippen LogP contribution in [0.3, 0.4) is 0 Å². The van der Waals surface area contributed by atoms with Gasteiger partial charge in [0.1, 0.15) is 6.61 Å². The van der Waals surface area contributed by atoms with Gasteiger partial charge in [-0.15, -0.1) is 0 Å². The molecule has 1 saturated heterocycles. The van der Waals surface area contributed by atoms with Gasteiger partial charge in [-0.25, -0.2) is 14.4 Å². The molecule has 144 valence electrons. The molecule has 2 atom stereocenters. The maximum absolute atomic E-state index is 12.1. The summed E-state index contributed by atoms with van der Waals surface area (Å²) in [4.78, 5) is 35.3. The van der Waals surface area contributed by atoms with E-state index in [4.69, 9.17) is 14.2 Å². The van der Waals surface area contributed by atoms with Crippen LogP contribution in [-0.2, 0) is 23.8 Å². The lowest BCUT2D eigenvalue weighted by Crippen LogP contribution is -2.48. The molecule has 1 N–H and O–H groups in total. The molecule has 1 aliphatic carbocycles. The Hall–Kier alpha value is -3.35. The Balaban J connectivity index is 1.37. The number of cyclic esters (lactones) is 2. The monoisotopic (exact) mass is 381 g/mol. The molecule has 0 aromatic heterocycles. The van der Waals surface area contributed by atoms with Crippen molar-refractivity contribution < 1.29 is 28.6 Å². The molecule has 1 heterocycles. The van der Waals surface area contributed by atoms with Gasteiger partial charge in [-0.3, -0.25) is 0 Å². The molecule has 1 aliphatic heterocycles. The van der Waals surface area contributed by atoms with Gasteiger partial charge in [-0.2, -0.15) is 0 Å². The highest BCUT2D eigenvalue weighted by molar-refractivity contribution is 5.87. The summed E-state index contributed by atoms with van der Waals surface area (Å²) in [5.41, 5.74) is 4.49. The average molecular weight is 381 g/mol. The lowest BCUT2D eigenvalue weighted by atomic mass is 9.98. The number of alkyl carbamates (subject to hydrolysis) is 1. The van der Waals surface area contributed by atoms with Crippen LogP contribution in [0.2, 0.25) is 0 Å². The molecule has 0 radical (unpaired) electrons. The van der Waals surface area contributed by atoms with Gasteiger partial charge in [0.25, 0.3) is 0 Å². The number of esters is 2. The van der Waals surface area contributed by atoms with Crippen molar-refractivity contribution in [3.8, 4) is 11.1 Å². The van der Waals surface area contributed by atoms with Gasteiger partial charge in [0.05, 0.1) is 6.54 Å². The highest BCUT2D eigenvalue weighted by Gasteiger charge is 2.36. The number of rotatable bonds is 4. The van der Waals surface area contributed by atoms with Crippen LogP contribution in [0.1, 0.15) is 24.0 Å². The van der Waals surface area contributed by atoms with E-state index in [1.54, 1.807) is 0 Å². The normalized spacial score (nSPS) is 20.6. The fourth-order valence-electron chi connectivity index (χ4n) is 3.53. The Morgan fingerprint density at radius 3 is 2.21 bits per heavy atom. The number of ether oxygens (including phenoxy) is 3. The van der Waals surface area contributed by atoms with Crippen molar-refractivity contribution in [2.75, 3.05) is 13.2 Å². The second-order valence-electron chi connectivity index (χ2n) is 6.71. The van der Waals surface area contributed by atoms with E-state index in [1.807, 2.05) is 36.4 Å². The van der Waals surface area contributed by atoms with Crippen LogP contribution in [0.5, 0.6) is 0 Å². The van der Waals surface area contributed by atoms with Crippen LogP contribution in [0.4, 0.5) is 4.79 Å². The van der Waals surface area contributed by atoms with E-state index in [0.717, 1.165) is 22.3 Å². The third-order valence-electron chi connectivity index (χ3n) is 4.92. The van der Waals surface area contributed by atoms with Crippen molar-refractivity contribution in [1.82, 2.24) is 5.32 Å². The number of hydrogen-bond acceptors (Lipinski definition) is 6. The highest BCUT2D eigenvalue weighted by Crippen LogP contribution is 2.44. The summed E-state index contributed by atoms with van der Waals surface area (Å²) < 4.78 is 15.2. The summed E-state index contributed by atoms with van der Waals surface area (Å²) in [6.07, 6.45) is -2.79. The van der Waals surface area contributed by atoms with E-state index < -0.39 is 30.2 Å². The Morgan fingerprint density at radius 2 is 1.57 bits per heavy atom. The molecular weight excluding hydrogens is 362 g/mol. The molecule has 2 aliphatic rings. The standard InChI is InChI=1S/C21H19NO6/c1-12-19(23)28-18(20(24)27-12)10-22-21(25)26-11-17-15-8-4-2-6-13(15)14-7-3-5-9-16(14)17/h2-9,12,17-18H,10-11H2,1H3,(H,22,25)/t12-,18-/m0/s1. The van der Waals surface area contributed by atoms with Crippen LogP contribution in [0, 0.1) is 0 Å². The molecule has 0 saturated carbocycles. The zero-order valence-electron chi connectivity index (χ0n) is 15.2. The van der Waals surface area contributed by atoms with Crippen LogP contribution in [0.25, 0.3) is 11.1 Å². The fraction of sp³-hybridized carbons (Fsp3) is 0.286. The third-order valence-corrected chi connectivity index (χ3v) is 4.92. The van der Waals surface area contributed by atoms with Crippen molar-refractivity contribution in [2.24, 2.45) is 0 Å². The molecule has 2 aromatic carbocycles. The molecule has 0 unspecified atom stereocenters. The molecule has 2 aromatic rings. The highest BCUT2D eigenvalue weighted by atomic mass is 16.6. The summed E-state index contributed by atoms with van der Waals surface area (Å²) in [6, 6.07) is 16.0. The maximum Gasteiger partial charge on any atom is 0.407 e. The smallest absolute Gasteiger partial charge is 0.407 e. The van der Waals surface area contributed by atoms with Gasteiger partial charge in [0, 0.05) is 5.92 Å². The summed E-state index contributed by atoms with van der Waals surface area (Å²) in [5, 5.41) is 2.45. The number of benzene rings is 2. The minimum atomic E-state index is -1.16. The largest absolute Gasteiger partial charge is 0.449 e. The van der Waals surface area contributed by atoms with Gasteiger partial charge in [0.15, 0.2) is 6.10 Å². The molecule has 7 heteroatoms. The Morgan fingerprint density at radius 1 is 0.964 bits per heavy atom. The average Bonchev–Trinajstić information content (AvgIpc) is 3.02. The van der Waals surface area contributed by atoms with E-state index in [9.17, 15) is 14.4 Å². The zero-order chi connectivity index (χ0) is 19.7. The first-order valence-corrected chi connectivity index (χ1v) is 9.04. The van der Waals surface area contributed by atoms with E-state index in [0.29, 0.717) is 0 Å². The molecule has 4 rings (SSSR count). The molecule has 28 heavy (non-hydrogen) atoms. The number of fused-ring (bicyclic) bond motifs is 3. The summed E-state index contributed by atoms with van der Waals surface area (Å²) in [6.45, 7) is 1.38. The van der Waals surface area contributed by atoms with Crippen molar-refractivity contribution in [2.45, 2.75) is 25.0 Å². The van der Waals surface area contributed by atoms with Crippen LogP contribution in [0.15, 0.2) is 48.5 Å². The number of carbonyl (C=O) groups excluding carboxylic acids is 3. The van der Waals surface area contributed by atoms with Crippen LogP contribution >= 0.6 is 0 Å². The minimum Gasteiger partial charge on any atom is -0.449 e. The molecule has 1 amide bonds. The second-order valence-corrected chi connectivity index (χ2v) is 6.71. The van der Waals surface area contributed by atoms with Gasteiger partial charge in [-0.05, 0) is 29.2 Å². The SMILES string of the molecule is C[C@@H]1OC(=O)[C@H](CNC(=O)OCC2c3ccccc3-c3ccccc32)OC1=O. The van der Waals surface area contributed by atoms with Crippen LogP contribution in [-0.4, -0.2) is 43.4 Å². The number of nitrogens with one attached hydrogen (secondary N) is 1. The predicted octanol–water partition coefficient (Wildman–Crippen LogP) is 2.38. The fourth-order valence-corrected chi connectivity index (χ4v) is 3.53. The first-order valence-electron chi connectivity index (χ1n) is 9.04. The quantitative estimate of drug-likeness (QED) is 0.646. The molecule has 7 nitrogen and oxygen atoms in total. The summed E-state index contributed by atoms with van der Waals surface area (Å²) >= 11 is 0. The Labute approximate surface area is 161 Å². The molecular formula is C21H19NO6. The van der Waals surface area contributed by atoms with Crippen molar-refractivity contribution in [3.63, 3.8) is 0 Å². The second kappa shape index (κ2) is 7.34. The van der Waals surface area contributed by atoms with Crippen LogP contribution < -0.4 is 5.32 Å². The summed E-state index contributed by atoms with van der Waals surface area (Å²) in [5.74, 6) is -1.39. The van der Waals surface area contributed by atoms with Gasteiger partial charge in [-0.1, -0.05) is 48.5 Å².